The first-order chi connectivity index (χ1) is 17.6. The lowest BCUT2D eigenvalue weighted by atomic mass is 9.73. The Labute approximate surface area is 214 Å². The number of aliphatic imine (C=N–C) groups is 1. The van der Waals surface area contributed by atoms with Crippen LogP contribution in [-0.2, 0) is 4.79 Å². The fourth-order valence-corrected chi connectivity index (χ4v) is 5.50. The summed E-state index contributed by atoms with van der Waals surface area (Å²) >= 11 is 6.22. The van der Waals surface area contributed by atoms with E-state index >= 15 is 0 Å². The van der Waals surface area contributed by atoms with Crippen LogP contribution in [0, 0.1) is 5.92 Å². The number of carbonyl (C=O) groups is 2. The van der Waals surface area contributed by atoms with E-state index in [9.17, 15) is 9.59 Å². The lowest BCUT2D eigenvalue weighted by Crippen LogP contribution is -2.45. The summed E-state index contributed by atoms with van der Waals surface area (Å²) in [5.41, 5.74) is 3.50. The molecule has 0 N–H and O–H groups in total. The van der Waals surface area contributed by atoms with E-state index in [-0.39, 0.29) is 17.6 Å². The highest BCUT2D eigenvalue weighted by Gasteiger charge is 2.46. The Kier molecular flexibility index (Phi) is 5.78. The van der Waals surface area contributed by atoms with E-state index in [1.54, 1.807) is 35.4 Å². The van der Waals surface area contributed by atoms with Crippen LogP contribution in [0.25, 0.3) is 0 Å². The zero-order valence-electron chi connectivity index (χ0n) is 19.4. The molecule has 0 radical (unpaired) electrons. The summed E-state index contributed by atoms with van der Waals surface area (Å²) in [7, 11) is 0. The lowest BCUT2D eigenvalue weighted by Gasteiger charge is -2.38. The molecule has 1 fully saturated rings. The van der Waals surface area contributed by atoms with Gasteiger partial charge < -0.3 is 4.42 Å². The molecule has 1 aliphatic carbocycles. The number of benzene rings is 3. The highest BCUT2D eigenvalue weighted by Crippen LogP contribution is 2.47. The Morgan fingerprint density at radius 3 is 2.39 bits per heavy atom. The molecule has 6 rings (SSSR count). The van der Waals surface area contributed by atoms with Crippen LogP contribution in [0.1, 0.15) is 46.5 Å². The molecular weight excluding hydrogens is 472 g/mol. The Bertz CT molecular complexity index is 1450. The monoisotopic (exact) mass is 494 g/mol. The highest BCUT2D eigenvalue weighted by atomic mass is 35.5. The van der Waals surface area contributed by atoms with E-state index < -0.39 is 12.0 Å². The summed E-state index contributed by atoms with van der Waals surface area (Å²) in [6.45, 7) is 0. The number of furan rings is 1. The number of halogens is 1. The summed E-state index contributed by atoms with van der Waals surface area (Å²) in [5.74, 6) is -0.0305. The second-order valence-corrected chi connectivity index (χ2v) is 9.63. The number of rotatable bonds is 3. The molecule has 1 amide bonds. The normalized spacial score (nSPS) is 21.2. The first-order valence-corrected chi connectivity index (χ1v) is 12.3. The van der Waals surface area contributed by atoms with E-state index in [1.807, 2.05) is 66.7 Å². The molecule has 3 atom stereocenters. The van der Waals surface area contributed by atoms with Crippen molar-refractivity contribution in [3.63, 3.8) is 0 Å². The number of hydrogen-bond acceptors (Lipinski definition) is 4. The van der Waals surface area contributed by atoms with Crippen molar-refractivity contribution < 1.29 is 14.0 Å². The van der Waals surface area contributed by atoms with Crippen molar-refractivity contribution in [3.8, 4) is 0 Å². The van der Waals surface area contributed by atoms with Crippen LogP contribution in [0.5, 0.6) is 0 Å². The second kappa shape index (κ2) is 9.25. The van der Waals surface area contributed by atoms with E-state index in [2.05, 4.69) is 0 Å². The van der Waals surface area contributed by atoms with Gasteiger partial charge in [-0.25, -0.2) is 0 Å². The third-order valence-corrected chi connectivity index (χ3v) is 7.26. The van der Waals surface area contributed by atoms with Gasteiger partial charge in [0.25, 0.3) is 5.91 Å². The van der Waals surface area contributed by atoms with Gasteiger partial charge in [-0.15, -0.1) is 0 Å². The molecule has 3 aromatic carbocycles. The molecule has 4 aromatic rings. The van der Waals surface area contributed by atoms with Gasteiger partial charge in [-0.1, -0.05) is 54.1 Å². The van der Waals surface area contributed by atoms with Gasteiger partial charge in [0.05, 0.1) is 29.6 Å². The smallest absolute Gasteiger partial charge is 0.258 e. The number of carbonyl (C=O) groups excluding carboxylic acids is 2. The fraction of sp³-hybridized carbons (Fsp3) is 0.167. The zero-order chi connectivity index (χ0) is 24.6. The van der Waals surface area contributed by atoms with Crippen LogP contribution in [-0.4, -0.2) is 17.4 Å². The van der Waals surface area contributed by atoms with Crippen molar-refractivity contribution in [2.45, 2.75) is 24.8 Å². The molecule has 0 bridgehead atoms. The van der Waals surface area contributed by atoms with Crippen molar-refractivity contribution >= 4 is 40.4 Å². The van der Waals surface area contributed by atoms with E-state index in [0.717, 1.165) is 17.0 Å². The van der Waals surface area contributed by atoms with Crippen LogP contribution in [0.3, 0.4) is 0 Å². The Morgan fingerprint density at radius 2 is 1.64 bits per heavy atom. The van der Waals surface area contributed by atoms with Crippen LogP contribution >= 0.6 is 11.6 Å². The van der Waals surface area contributed by atoms with Gasteiger partial charge in [0, 0.05) is 28.6 Å². The number of hydrogen-bond donors (Lipinski definition) is 0. The van der Waals surface area contributed by atoms with Gasteiger partial charge in [0.2, 0.25) is 0 Å². The summed E-state index contributed by atoms with van der Waals surface area (Å²) in [5, 5.41) is 0.593. The van der Waals surface area contributed by atoms with Gasteiger partial charge in [-0.2, -0.15) is 0 Å². The molecule has 1 saturated carbocycles. The van der Waals surface area contributed by atoms with E-state index in [4.69, 9.17) is 21.0 Å². The maximum Gasteiger partial charge on any atom is 0.258 e. The number of Topliss-reactive ketones (excluding diaryl/α,β-unsaturated/α-hetero) is 1. The van der Waals surface area contributed by atoms with Crippen LogP contribution in [0.15, 0.2) is 107 Å². The lowest BCUT2D eigenvalue weighted by molar-refractivity contribution is -0.122. The summed E-state index contributed by atoms with van der Waals surface area (Å²) in [4.78, 5) is 34.8. The van der Waals surface area contributed by atoms with Crippen molar-refractivity contribution in [1.29, 1.82) is 0 Å². The average Bonchev–Trinajstić information content (AvgIpc) is 3.40. The summed E-state index contributed by atoms with van der Waals surface area (Å²) in [6, 6.07) is 27.3. The number of fused-ring (bicyclic) bond motifs is 2. The van der Waals surface area contributed by atoms with Gasteiger partial charge in [-0.05, 0) is 60.5 Å². The van der Waals surface area contributed by atoms with Gasteiger partial charge in [-0.3, -0.25) is 19.5 Å². The topological polar surface area (TPSA) is 62.9 Å². The van der Waals surface area contributed by atoms with E-state index in [0.29, 0.717) is 34.8 Å². The number of para-hydroxylation sites is 2. The highest BCUT2D eigenvalue weighted by molar-refractivity contribution is 6.30. The predicted octanol–water partition coefficient (Wildman–Crippen LogP) is 7.17. The van der Waals surface area contributed by atoms with E-state index in [1.165, 1.54) is 0 Å². The fourth-order valence-electron chi connectivity index (χ4n) is 5.38. The number of nitrogens with zero attached hydrogens (tertiary/aromatic N) is 2. The minimum absolute atomic E-state index is 0.0417. The molecule has 36 heavy (non-hydrogen) atoms. The number of anilines is 1. The number of ketones is 1. The molecule has 0 spiro atoms. The molecular formula is C30H23ClN2O3. The zero-order valence-corrected chi connectivity index (χ0v) is 20.1. The molecule has 0 saturated heterocycles. The molecule has 3 unspecified atom stereocenters. The SMILES string of the molecule is O=C1CC(c2ccco2)CC2=Nc3ccccc3N(C(=O)c3ccccc3)C(c3ccc(Cl)cc3)C12. The van der Waals surface area contributed by atoms with Crippen molar-refractivity contribution in [2.75, 3.05) is 4.90 Å². The Hall–Kier alpha value is -3.96. The molecule has 2 heterocycles. The Morgan fingerprint density at radius 1 is 0.889 bits per heavy atom. The largest absolute Gasteiger partial charge is 0.469 e. The van der Waals surface area contributed by atoms with Crippen LogP contribution in [0.4, 0.5) is 11.4 Å². The van der Waals surface area contributed by atoms with Crippen molar-refractivity contribution in [3.05, 3.63) is 119 Å². The van der Waals surface area contributed by atoms with Gasteiger partial charge in [0.15, 0.2) is 0 Å². The third kappa shape index (κ3) is 3.95. The van der Waals surface area contributed by atoms with Gasteiger partial charge >= 0.3 is 0 Å². The number of amides is 1. The minimum Gasteiger partial charge on any atom is -0.469 e. The summed E-state index contributed by atoms with van der Waals surface area (Å²) < 4.78 is 5.66. The summed E-state index contributed by atoms with van der Waals surface area (Å²) in [6.07, 6.45) is 2.54. The minimum atomic E-state index is -0.586. The Balaban J connectivity index is 1.55. The van der Waals surface area contributed by atoms with Crippen LogP contribution < -0.4 is 4.90 Å². The molecule has 5 nitrogen and oxygen atoms in total. The standard InChI is InChI=1S/C30H23ClN2O3/c31-22-14-12-19(13-15-22)29-28-24(17-21(18-26(28)34)27-11-6-16-36-27)32-23-9-4-5-10-25(23)33(29)30(35)20-7-2-1-3-8-20/h1-16,21,28-29H,17-18H2. The predicted molar refractivity (Wildman–Crippen MR) is 140 cm³/mol. The van der Waals surface area contributed by atoms with Crippen molar-refractivity contribution in [2.24, 2.45) is 10.9 Å². The maximum atomic E-state index is 14.1. The molecule has 1 aliphatic heterocycles. The van der Waals surface area contributed by atoms with Crippen LogP contribution in [0.2, 0.25) is 5.02 Å². The second-order valence-electron chi connectivity index (χ2n) is 9.19. The van der Waals surface area contributed by atoms with Gasteiger partial charge in [0.1, 0.15) is 11.5 Å². The molecule has 178 valence electrons. The third-order valence-electron chi connectivity index (χ3n) is 7.00. The molecule has 6 heteroatoms. The maximum absolute atomic E-state index is 14.1. The van der Waals surface area contributed by atoms with Crippen molar-refractivity contribution in [1.82, 2.24) is 0 Å². The molecule has 1 aromatic heterocycles. The first-order valence-electron chi connectivity index (χ1n) is 12.0. The average molecular weight is 495 g/mol. The first kappa shape index (κ1) is 22.5. The molecule has 2 aliphatic rings. The quantitative estimate of drug-likeness (QED) is 0.303.